The van der Waals surface area contributed by atoms with Gasteiger partial charge in [0.1, 0.15) is 23.4 Å². The van der Waals surface area contributed by atoms with Crippen LogP contribution in [-0.4, -0.2) is 30.2 Å². The predicted octanol–water partition coefficient (Wildman–Crippen LogP) is 4.66. The van der Waals surface area contributed by atoms with E-state index in [-0.39, 0.29) is 11.9 Å². The van der Waals surface area contributed by atoms with Crippen molar-refractivity contribution in [3.8, 4) is 11.5 Å². The van der Waals surface area contributed by atoms with E-state index in [1.165, 1.54) is 12.1 Å². The molecule has 0 spiro atoms. The van der Waals surface area contributed by atoms with Gasteiger partial charge in [-0.25, -0.2) is 19.0 Å². The van der Waals surface area contributed by atoms with E-state index in [1.807, 2.05) is 20.9 Å². The number of amides is 1. The molecule has 172 valence electrons. The summed E-state index contributed by atoms with van der Waals surface area (Å²) in [5.74, 6) is 0.364. The van der Waals surface area contributed by atoms with Gasteiger partial charge in [0.15, 0.2) is 11.4 Å². The summed E-state index contributed by atoms with van der Waals surface area (Å²) in [6, 6.07) is 10.7. The van der Waals surface area contributed by atoms with Crippen LogP contribution >= 0.6 is 0 Å². The third-order valence-electron chi connectivity index (χ3n) is 5.65. The molecule has 0 bridgehead atoms. The second-order valence-electron chi connectivity index (χ2n) is 8.31. The van der Waals surface area contributed by atoms with E-state index in [2.05, 4.69) is 15.4 Å². The third kappa shape index (κ3) is 3.85. The zero-order valence-electron chi connectivity index (χ0n) is 18.9. The number of fused-ring (bicyclic) bond motifs is 1. The highest BCUT2D eigenvalue weighted by Crippen LogP contribution is 2.28. The number of pyridine rings is 1. The SMILES string of the molecule is CC(C)n1ncc2c(C(=O)NC(c3cccc(F)c3)c3nccn3C)cc(-c3ccco3)nc21. The number of imidazole rings is 1. The van der Waals surface area contributed by atoms with Crippen LogP contribution in [0.15, 0.2) is 71.7 Å². The Morgan fingerprint density at radius 1 is 1.18 bits per heavy atom. The minimum atomic E-state index is -0.668. The molecule has 1 amide bonds. The molecule has 0 aliphatic heterocycles. The van der Waals surface area contributed by atoms with Gasteiger partial charge in [-0.2, -0.15) is 5.10 Å². The predicted molar refractivity (Wildman–Crippen MR) is 125 cm³/mol. The van der Waals surface area contributed by atoms with E-state index in [4.69, 9.17) is 9.40 Å². The fraction of sp³-hybridized carbons (Fsp3) is 0.200. The molecule has 1 unspecified atom stereocenters. The molecule has 4 heterocycles. The highest BCUT2D eigenvalue weighted by atomic mass is 19.1. The minimum Gasteiger partial charge on any atom is -0.463 e. The lowest BCUT2D eigenvalue weighted by Gasteiger charge is -2.20. The van der Waals surface area contributed by atoms with E-state index >= 15 is 0 Å². The van der Waals surface area contributed by atoms with Gasteiger partial charge in [0.2, 0.25) is 0 Å². The number of hydrogen-bond donors (Lipinski definition) is 1. The Bertz CT molecular complexity index is 1470. The van der Waals surface area contributed by atoms with Crippen LogP contribution in [0.25, 0.3) is 22.5 Å². The van der Waals surface area contributed by atoms with Gasteiger partial charge in [-0.05, 0) is 49.7 Å². The molecule has 0 aliphatic carbocycles. The number of benzene rings is 1. The highest BCUT2D eigenvalue weighted by Gasteiger charge is 2.25. The first kappa shape index (κ1) is 21.6. The molecule has 0 fully saturated rings. The van der Waals surface area contributed by atoms with Gasteiger partial charge in [0.25, 0.3) is 5.91 Å². The van der Waals surface area contributed by atoms with Gasteiger partial charge in [0, 0.05) is 25.5 Å². The van der Waals surface area contributed by atoms with E-state index in [9.17, 15) is 9.18 Å². The summed E-state index contributed by atoms with van der Waals surface area (Å²) in [5, 5.41) is 8.10. The number of aromatic nitrogens is 5. The molecule has 5 rings (SSSR count). The van der Waals surface area contributed by atoms with Crippen molar-refractivity contribution in [2.75, 3.05) is 0 Å². The van der Waals surface area contributed by atoms with E-state index in [1.54, 1.807) is 64.4 Å². The summed E-state index contributed by atoms with van der Waals surface area (Å²) in [6.45, 7) is 3.99. The molecule has 1 atom stereocenters. The normalized spacial score (nSPS) is 12.4. The zero-order chi connectivity index (χ0) is 23.8. The average molecular weight is 458 g/mol. The average Bonchev–Trinajstić information content (AvgIpc) is 3.57. The van der Waals surface area contributed by atoms with Gasteiger partial charge >= 0.3 is 0 Å². The Balaban J connectivity index is 1.62. The maximum Gasteiger partial charge on any atom is 0.253 e. The van der Waals surface area contributed by atoms with Crippen molar-refractivity contribution >= 4 is 16.9 Å². The van der Waals surface area contributed by atoms with Crippen molar-refractivity contribution in [3.05, 3.63) is 90.1 Å². The maximum absolute atomic E-state index is 14.1. The molecule has 0 saturated carbocycles. The number of carbonyl (C=O) groups excluding carboxylic acids is 1. The van der Waals surface area contributed by atoms with Crippen molar-refractivity contribution < 1.29 is 13.6 Å². The molecular formula is C25H23FN6O2. The lowest BCUT2D eigenvalue weighted by molar-refractivity contribution is 0.0942. The highest BCUT2D eigenvalue weighted by molar-refractivity contribution is 6.06. The fourth-order valence-corrected chi connectivity index (χ4v) is 3.98. The number of rotatable bonds is 6. The summed E-state index contributed by atoms with van der Waals surface area (Å²) in [7, 11) is 1.83. The van der Waals surface area contributed by atoms with E-state index in [0.717, 1.165) is 0 Å². The number of nitrogens with zero attached hydrogens (tertiary/aromatic N) is 5. The Kier molecular flexibility index (Phi) is 5.45. The molecule has 1 N–H and O–H groups in total. The van der Waals surface area contributed by atoms with Crippen LogP contribution in [0.2, 0.25) is 0 Å². The summed E-state index contributed by atoms with van der Waals surface area (Å²) in [4.78, 5) is 22.8. The molecule has 4 aromatic heterocycles. The number of halogens is 1. The van der Waals surface area contributed by atoms with Crippen LogP contribution < -0.4 is 5.32 Å². The van der Waals surface area contributed by atoms with Crippen molar-refractivity contribution in [1.82, 2.24) is 29.6 Å². The van der Waals surface area contributed by atoms with E-state index < -0.39 is 11.9 Å². The number of carbonyl (C=O) groups is 1. The molecular weight excluding hydrogens is 435 g/mol. The maximum atomic E-state index is 14.1. The Labute approximate surface area is 195 Å². The lowest BCUT2D eigenvalue weighted by atomic mass is 10.0. The second-order valence-corrected chi connectivity index (χ2v) is 8.31. The van der Waals surface area contributed by atoms with Crippen LogP contribution in [0.5, 0.6) is 0 Å². The number of furan rings is 1. The minimum absolute atomic E-state index is 0.0420. The molecule has 34 heavy (non-hydrogen) atoms. The third-order valence-corrected chi connectivity index (χ3v) is 5.65. The summed E-state index contributed by atoms with van der Waals surface area (Å²) in [5.41, 5.74) is 2.06. The summed E-state index contributed by atoms with van der Waals surface area (Å²) < 4.78 is 23.2. The molecule has 0 radical (unpaired) electrons. The number of aryl methyl sites for hydroxylation is 1. The van der Waals surface area contributed by atoms with Crippen molar-refractivity contribution in [2.45, 2.75) is 25.9 Å². The summed E-state index contributed by atoms with van der Waals surface area (Å²) in [6.07, 6.45) is 6.61. The molecule has 9 heteroatoms. The molecule has 0 saturated heterocycles. The van der Waals surface area contributed by atoms with Crippen LogP contribution in [0.1, 0.15) is 47.7 Å². The van der Waals surface area contributed by atoms with Crippen LogP contribution in [0.4, 0.5) is 4.39 Å². The van der Waals surface area contributed by atoms with Crippen LogP contribution in [0.3, 0.4) is 0 Å². The molecule has 0 aliphatic rings. The molecule has 1 aromatic carbocycles. The first-order valence-corrected chi connectivity index (χ1v) is 10.9. The molecule has 5 aromatic rings. The fourth-order valence-electron chi connectivity index (χ4n) is 3.98. The smallest absolute Gasteiger partial charge is 0.253 e. The molecule has 8 nitrogen and oxygen atoms in total. The lowest BCUT2D eigenvalue weighted by Crippen LogP contribution is -2.31. The first-order chi connectivity index (χ1) is 16.4. The van der Waals surface area contributed by atoms with Gasteiger partial charge in [0.05, 0.1) is 23.4 Å². The standard InChI is InChI=1S/C25H23FN6O2/c1-15(2)32-23-19(14-28-32)18(13-20(29-23)21-8-5-11-34-21)25(33)30-22(24-27-9-10-31(24)3)16-6-4-7-17(26)12-16/h4-15,22H,1-3H3,(H,30,33). The van der Waals surface area contributed by atoms with Crippen LogP contribution in [0, 0.1) is 5.82 Å². The van der Waals surface area contributed by atoms with Crippen molar-refractivity contribution in [1.29, 1.82) is 0 Å². The Hall–Kier alpha value is -4.27. The Morgan fingerprint density at radius 2 is 2.03 bits per heavy atom. The number of hydrogen-bond acceptors (Lipinski definition) is 5. The Morgan fingerprint density at radius 3 is 2.71 bits per heavy atom. The number of nitrogens with one attached hydrogen (secondary N) is 1. The summed E-state index contributed by atoms with van der Waals surface area (Å²) >= 11 is 0. The monoisotopic (exact) mass is 458 g/mol. The zero-order valence-corrected chi connectivity index (χ0v) is 18.9. The van der Waals surface area contributed by atoms with Gasteiger partial charge in [-0.1, -0.05) is 12.1 Å². The largest absolute Gasteiger partial charge is 0.463 e. The van der Waals surface area contributed by atoms with Crippen LogP contribution in [-0.2, 0) is 7.05 Å². The quantitative estimate of drug-likeness (QED) is 0.400. The van der Waals surface area contributed by atoms with Gasteiger partial charge < -0.3 is 14.3 Å². The van der Waals surface area contributed by atoms with Crippen molar-refractivity contribution in [2.24, 2.45) is 7.05 Å². The topological polar surface area (TPSA) is 90.8 Å². The van der Waals surface area contributed by atoms with Gasteiger partial charge in [-0.3, -0.25) is 4.79 Å². The van der Waals surface area contributed by atoms with Crippen molar-refractivity contribution in [3.63, 3.8) is 0 Å². The van der Waals surface area contributed by atoms with Gasteiger partial charge in [-0.15, -0.1) is 0 Å². The second kappa shape index (κ2) is 8.58. The first-order valence-electron chi connectivity index (χ1n) is 10.9. The van der Waals surface area contributed by atoms with E-state index in [0.29, 0.717) is 39.4 Å².